The maximum Gasteiger partial charge on any atom is 0.319 e. The molecule has 0 N–H and O–H groups in total. The van der Waals surface area contributed by atoms with Crippen LogP contribution < -0.4 is 10.4 Å². The molecule has 40 heavy (non-hydrogen) atoms. The number of non-ortho nitro benzene ring substituents is 1. The van der Waals surface area contributed by atoms with Crippen molar-refractivity contribution in [1.29, 1.82) is 0 Å². The van der Waals surface area contributed by atoms with E-state index in [0.717, 1.165) is 21.7 Å². The zero-order chi connectivity index (χ0) is 29.1. The first-order valence-corrected chi connectivity index (χ1v) is 16.6. The lowest BCUT2D eigenvalue weighted by Gasteiger charge is -2.44. The minimum Gasteiger partial charge on any atom is -0.537 e. The van der Waals surface area contributed by atoms with Crippen LogP contribution in [0, 0.1) is 16.0 Å². The molecule has 3 aromatic carbocycles. The van der Waals surface area contributed by atoms with Gasteiger partial charge in [-0.15, -0.1) is 6.58 Å². The molecule has 210 valence electrons. The molecular weight excluding hydrogens is 541 g/mol. The second-order valence-electron chi connectivity index (χ2n) is 11.2. The van der Waals surface area contributed by atoms with Gasteiger partial charge in [-0.25, -0.2) is 8.42 Å². The van der Waals surface area contributed by atoms with Crippen LogP contribution in [-0.2, 0) is 14.4 Å². The summed E-state index contributed by atoms with van der Waals surface area (Å²) in [5, 5.41) is 13.1. The van der Waals surface area contributed by atoms with E-state index in [0.29, 0.717) is 6.42 Å². The van der Waals surface area contributed by atoms with Crippen molar-refractivity contribution in [3.63, 3.8) is 0 Å². The molecule has 0 unspecified atom stereocenters. The summed E-state index contributed by atoms with van der Waals surface area (Å²) in [6.45, 7) is 12.9. The number of hydrogen-bond acceptors (Lipinski definition) is 5. The summed E-state index contributed by atoms with van der Waals surface area (Å²) in [4.78, 5) is 10.6. The Labute approximate surface area is 238 Å². The fraction of sp³-hybridized carbons (Fsp3) is 0.290. The number of nitro groups is 1. The highest BCUT2D eigenvalue weighted by molar-refractivity contribution is 7.89. The van der Waals surface area contributed by atoms with Gasteiger partial charge in [0.2, 0.25) is 10.0 Å². The minimum atomic E-state index is -3.92. The highest BCUT2D eigenvalue weighted by Crippen LogP contribution is 2.40. The van der Waals surface area contributed by atoms with Gasteiger partial charge in [-0.1, -0.05) is 87.5 Å². The number of benzene rings is 3. The first-order valence-electron chi connectivity index (χ1n) is 13.3. The summed E-state index contributed by atoms with van der Waals surface area (Å²) in [6, 6.07) is 25.7. The molecule has 1 heterocycles. The highest BCUT2D eigenvalue weighted by Gasteiger charge is 2.52. The van der Waals surface area contributed by atoms with Gasteiger partial charge in [0.15, 0.2) is 0 Å². The van der Waals surface area contributed by atoms with Crippen molar-refractivity contribution in [3.8, 4) is 0 Å². The largest absolute Gasteiger partial charge is 0.537 e. The van der Waals surface area contributed by atoms with Crippen molar-refractivity contribution < 1.29 is 17.8 Å². The molecule has 0 radical (unpaired) electrons. The Balaban J connectivity index is 1.81. The van der Waals surface area contributed by atoms with E-state index >= 15 is 0 Å². The summed E-state index contributed by atoms with van der Waals surface area (Å²) in [5.41, 5.74) is 0.679. The molecule has 1 aliphatic rings. The quantitative estimate of drug-likeness (QED) is 0.150. The summed E-state index contributed by atoms with van der Waals surface area (Å²) in [5.74, 6) is 0.610. The number of allylic oxidation sites excluding steroid dienone is 1. The second-order valence-corrected chi connectivity index (χ2v) is 17.4. The van der Waals surface area contributed by atoms with Crippen LogP contribution in [0.15, 0.2) is 114 Å². The van der Waals surface area contributed by atoms with Crippen molar-refractivity contribution >= 4 is 34.4 Å². The lowest BCUT2D eigenvalue weighted by molar-refractivity contribution is -0.384. The molecule has 1 aliphatic heterocycles. The van der Waals surface area contributed by atoms with Gasteiger partial charge in [0, 0.05) is 31.6 Å². The lowest BCUT2D eigenvalue weighted by Crippen LogP contribution is -2.66. The number of hydrogen-bond donors (Lipinski definition) is 0. The predicted octanol–water partition coefficient (Wildman–Crippen LogP) is 5.64. The smallest absolute Gasteiger partial charge is 0.319 e. The molecule has 0 saturated carbocycles. The minimum absolute atomic E-state index is 0.0186. The Bertz CT molecular complexity index is 1460. The van der Waals surface area contributed by atoms with E-state index in [4.69, 9.17) is 4.43 Å². The van der Waals surface area contributed by atoms with Gasteiger partial charge in [0.1, 0.15) is 0 Å². The predicted molar refractivity (Wildman–Crippen MR) is 162 cm³/mol. The number of nitrogens with zero attached hydrogens (tertiary/aromatic N) is 2. The molecule has 0 amide bonds. The number of rotatable bonds is 8. The third-order valence-electron chi connectivity index (χ3n) is 7.49. The van der Waals surface area contributed by atoms with E-state index in [1.54, 1.807) is 6.08 Å². The molecule has 0 aromatic heterocycles. The van der Waals surface area contributed by atoms with Crippen molar-refractivity contribution in [1.82, 2.24) is 4.31 Å². The molecule has 3 aromatic rings. The summed E-state index contributed by atoms with van der Waals surface area (Å²) in [6.07, 6.45) is 2.30. The van der Waals surface area contributed by atoms with E-state index < -0.39 is 23.3 Å². The maximum atomic E-state index is 13.7. The monoisotopic (exact) mass is 576 g/mol. The number of nitro benzene ring substituents is 1. The lowest BCUT2D eigenvalue weighted by atomic mass is 10.0. The topological polar surface area (TPSA) is 89.8 Å². The van der Waals surface area contributed by atoms with Crippen LogP contribution in [0.2, 0.25) is 5.04 Å². The Hall–Kier alpha value is -3.53. The maximum absolute atomic E-state index is 13.7. The fourth-order valence-corrected chi connectivity index (χ4v) is 11.4. The Morgan fingerprint density at radius 2 is 1.50 bits per heavy atom. The van der Waals surface area contributed by atoms with Crippen LogP contribution >= 0.6 is 0 Å². The standard InChI is InChI=1S/C31H36N2O5SSi/c1-6-25-21-30(24(2)22-32(23-25)39(36,37)27-19-17-26(18-20-27)33(34)35)38-40(31(3,4)5,28-13-9-7-10-14-28)29-15-11-8-12-16-29/h6-20,25H,1,21-23H2,2-5H3/t25-/m1/s1. The summed E-state index contributed by atoms with van der Waals surface area (Å²) >= 11 is 0. The highest BCUT2D eigenvalue weighted by atomic mass is 32.2. The number of sulfonamides is 1. The van der Waals surface area contributed by atoms with Gasteiger partial charge < -0.3 is 4.43 Å². The zero-order valence-electron chi connectivity index (χ0n) is 23.4. The van der Waals surface area contributed by atoms with Gasteiger partial charge in [0.05, 0.1) is 15.6 Å². The van der Waals surface area contributed by atoms with Gasteiger partial charge in [-0.05, 0) is 46.0 Å². The first kappa shape index (κ1) is 29.4. The van der Waals surface area contributed by atoms with Gasteiger partial charge in [-0.2, -0.15) is 4.31 Å². The van der Waals surface area contributed by atoms with E-state index in [1.165, 1.54) is 28.6 Å². The average Bonchev–Trinajstić information content (AvgIpc) is 3.10. The first-order chi connectivity index (χ1) is 18.9. The average molecular weight is 577 g/mol. The van der Waals surface area contributed by atoms with E-state index in [2.05, 4.69) is 51.6 Å². The summed E-state index contributed by atoms with van der Waals surface area (Å²) in [7, 11) is -6.84. The third-order valence-corrected chi connectivity index (χ3v) is 14.3. The zero-order valence-corrected chi connectivity index (χ0v) is 25.2. The molecule has 0 aliphatic carbocycles. The van der Waals surface area contributed by atoms with Crippen molar-refractivity contribution in [2.75, 3.05) is 13.1 Å². The molecule has 0 spiro atoms. The summed E-state index contributed by atoms with van der Waals surface area (Å²) < 4.78 is 36.1. The van der Waals surface area contributed by atoms with E-state index in [9.17, 15) is 18.5 Å². The van der Waals surface area contributed by atoms with Gasteiger partial charge >= 0.3 is 8.32 Å². The molecule has 1 atom stereocenters. The van der Waals surface area contributed by atoms with Gasteiger partial charge in [-0.3, -0.25) is 10.1 Å². The molecular formula is C31H36N2O5SSi. The van der Waals surface area contributed by atoms with Crippen LogP contribution in [0.5, 0.6) is 0 Å². The Morgan fingerprint density at radius 1 is 0.975 bits per heavy atom. The van der Waals surface area contributed by atoms with E-state index in [-0.39, 0.29) is 34.6 Å². The molecule has 4 rings (SSSR count). The van der Waals surface area contributed by atoms with Crippen LogP contribution in [-0.4, -0.2) is 39.1 Å². The van der Waals surface area contributed by atoms with Crippen LogP contribution in [0.4, 0.5) is 5.69 Å². The van der Waals surface area contributed by atoms with Crippen molar-refractivity contribution in [3.05, 3.63) is 119 Å². The van der Waals surface area contributed by atoms with Crippen LogP contribution in [0.3, 0.4) is 0 Å². The molecule has 0 saturated heterocycles. The van der Waals surface area contributed by atoms with E-state index in [1.807, 2.05) is 43.3 Å². The fourth-order valence-electron chi connectivity index (χ4n) is 5.35. The molecule has 7 nitrogen and oxygen atoms in total. The van der Waals surface area contributed by atoms with Crippen LogP contribution in [0.1, 0.15) is 34.1 Å². The van der Waals surface area contributed by atoms with Crippen molar-refractivity contribution in [2.45, 2.75) is 44.0 Å². The third kappa shape index (κ3) is 5.68. The molecule has 0 bridgehead atoms. The van der Waals surface area contributed by atoms with Crippen molar-refractivity contribution in [2.24, 2.45) is 5.92 Å². The van der Waals surface area contributed by atoms with Crippen LogP contribution in [0.25, 0.3) is 0 Å². The molecule has 9 heteroatoms. The Kier molecular flexibility index (Phi) is 8.48. The Morgan fingerprint density at radius 3 is 1.95 bits per heavy atom. The van der Waals surface area contributed by atoms with Gasteiger partial charge in [0.25, 0.3) is 5.69 Å². The molecule has 0 fully saturated rings. The SMILES string of the molecule is C=C[C@@H]1CC(O[Si](c2ccccc2)(c2ccccc2)C(C)(C)C)=C(C)CN(S(=O)(=O)c2ccc([N+](=O)[O-])cc2)C1. The second kappa shape index (κ2) is 11.5. The normalized spacial score (nSPS) is 17.2.